The van der Waals surface area contributed by atoms with Crippen molar-refractivity contribution in [2.75, 3.05) is 0 Å². The molecule has 0 unspecified atom stereocenters. The third kappa shape index (κ3) is 2.69. The van der Waals surface area contributed by atoms with Crippen LogP contribution in [0.5, 0.6) is 11.5 Å². The molecule has 1 heterocycles. The van der Waals surface area contributed by atoms with E-state index in [2.05, 4.69) is 11.5 Å². The number of benzene rings is 2. The third-order valence-corrected chi connectivity index (χ3v) is 3.78. The molecule has 3 aromatic rings. The minimum atomic E-state index is 0.299. The van der Waals surface area contributed by atoms with Crippen LogP contribution in [0.15, 0.2) is 48.5 Å². The molecule has 0 aliphatic carbocycles. The largest absolute Gasteiger partial charge is 0.507 e. The van der Waals surface area contributed by atoms with E-state index in [-0.39, 0.29) is 0 Å². The van der Waals surface area contributed by atoms with Crippen LogP contribution in [0.1, 0.15) is 12.6 Å². The van der Waals surface area contributed by atoms with E-state index >= 15 is 0 Å². The van der Waals surface area contributed by atoms with Crippen LogP contribution in [0.2, 0.25) is 5.02 Å². The molecule has 21 heavy (non-hydrogen) atoms. The number of phenols is 1. The summed E-state index contributed by atoms with van der Waals surface area (Å²) in [5, 5.41) is 11.5. The molecule has 108 valence electrons. The van der Waals surface area contributed by atoms with E-state index in [1.54, 1.807) is 18.2 Å². The SMILES string of the molecule is CCn1c(COc2ccc(Cl)cc2)cc2c(O)cccc21. The summed E-state index contributed by atoms with van der Waals surface area (Å²) < 4.78 is 7.94. The van der Waals surface area contributed by atoms with E-state index < -0.39 is 0 Å². The predicted octanol–water partition coefficient (Wildman–Crippen LogP) is 4.60. The van der Waals surface area contributed by atoms with Gasteiger partial charge in [0.15, 0.2) is 0 Å². The highest BCUT2D eigenvalue weighted by Gasteiger charge is 2.10. The number of aryl methyl sites for hydroxylation is 1. The Morgan fingerprint density at radius 1 is 1.14 bits per heavy atom. The number of ether oxygens (including phenoxy) is 1. The van der Waals surface area contributed by atoms with Crippen LogP contribution in [-0.2, 0) is 13.2 Å². The van der Waals surface area contributed by atoms with Crippen LogP contribution < -0.4 is 4.74 Å². The van der Waals surface area contributed by atoms with E-state index in [1.807, 2.05) is 30.3 Å². The highest BCUT2D eigenvalue weighted by atomic mass is 35.5. The number of hydrogen-bond acceptors (Lipinski definition) is 2. The maximum Gasteiger partial charge on any atom is 0.128 e. The third-order valence-electron chi connectivity index (χ3n) is 3.53. The number of nitrogens with zero attached hydrogens (tertiary/aromatic N) is 1. The second kappa shape index (κ2) is 5.70. The molecule has 4 heteroatoms. The van der Waals surface area contributed by atoms with Crippen LogP contribution in [0.3, 0.4) is 0 Å². The van der Waals surface area contributed by atoms with Gasteiger partial charge in [-0.1, -0.05) is 17.7 Å². The Hall–Kier alpha value is -2.13. The van der Waals surface area contributed by atoms with Crippen LogP contribution in [0.25, 0.3) is 10.9 Å². The van der Waals surface area contributed by atoms with Crippen molar-refractivity contribution in [1.29, 1.82) is 0 Å². The Morgan fingerprint density at radius 3 is 2.62 bits per heavy atom. The molecule has 1 N–H and O–H groups in total. The first kappa shape index (κ1) is 13.8. The van der Waals surface area contributed by atoms with Crippen molar-refractivity contribution in [3.05, 3.63) is 59.2 Å². The van der Waals surface area contributed by atoms with Crippen molar-refractivity contribution < 1.29 is 9.84 Å². The molecular weight excluding hydrogens is 286 g/mol. The molecule has 2 aromatic carbocycles. The van der Waals surface area contributed by atoms with Gasteiger partial charge in [-0.3, -0.25) is 0 Å². The van der Waals surface area contributed by atoms with Crippen molar-refractivity contribution >= 4 is 22.5 Å². The lowest BCUT2D eigenvalue weighted by Gasteiger charge is -2.10. The van der Waals surface area contributed by atoms with Gasteiger partial charge in [-0.2, -0.15) is 0 Å². The van der Waals surface area contributed by atoms with Gasteiger partial charge in [-0.05, 0) is 49.4 Å². The Kier molecular flexibility index (Phi) is 3.76. The Labute approximate surface area is 128 Å². The van der Waals surface area contributed by atoms with E-state index in [0.717, 1.165) is 28.9 Å². The van der Waals surface area contributed by atoms with Gasteiger partial charge in [0, 0.05) is 17.0 Å². The van der Waals surface area contributed by atoms with Gasteiger partial charge >= 0.3 is 0 Å². The zero-order valence-electron chi connectivity index (χ0n) is 11.7. The zero-order chi connectivity index (χ0) is 14.8. The standard InChI is InChI=1S/C17H16ClNO2/c1-2-19-13(10-15-16(19)4-3-5-17(15)20)11-21-14-8-6-12(18)7-9-14/h3-10,20H,2,11H2,1H3. The second-order valence-electron chi connectivity index (χ2n) is 4.83. The number of rotatable bonds is 4. The van der Waals surface area contributed by atoms with Crippen LogP contribution in [0, 0.1) is 0 Å². The highest BCUT2D eigenvalue weighted by molar-refractivity contribution is 6.30. The summed E-state index contributed by atoms with van der Waals surface area (Å²) >= 11 is 5.86. The molecule has 0 radical (unpaired) electrons. The average Bonchev–Trinajstić information content (AvgIpc) is 2.86. The number of hydrogen-bond donors (Lipinski definition) is 1. The van der Waals surface area contributed by atoms with Gasteiger partial charge in [0.1, 0.15) is 18.1 Å². The summed E-state index contributed by atoms with van der Waals surface area (Å²) in [6.45, 7) is 3.35. The van der Waals surface area contributed by atoms with E-state index in [1.165, 1.54) is 0 Å². The van der Waals surface area contributed by atoms with Gasteiger partial charge in [0.25, 0.3) is 0 Å². The van der Waals surface area contributed by atoms with Gasteiger partial charge in [0.2, 0.25) is 0 Å². The maximum atomic E-state index is 9.95. The molecule has 0 bridgehead atoms. The molecule has 1 aromatic heterocycles. The molecule has 0 saturated carbocycles. The molecular formula is C17H16ClNO2. The van der Waals surface area contributed by atoms with Crippen molar-refractivity contribution in [3.8, 4) is 11.5 Å². The summed E-state index contributed by atoms with van der Waals surface area (Å²) in [5.74, 6) is 1.07. The zero-order valence-corrected chi connectivity index (χ0v) is 12.5. The van der Waals surface area contributed by atoms with Crippen molar-refractivity contribution in [3.63, 3.8) is 0 Å². The topological polar surface area (TPSA) is 34.4 Å². The molecule has 0 amide bonds. The van der Waals surface area contributed by atoms with E-state index in [0.29, 0.717) is 17.4 Å². The summed E-state index contributed by atoms with van der Waals surface area (Å²) in [5.41, 5.74) is 2.05. The predicted molar refractivity (Wildman–Crippen MR) is 85.1 cm³/mol. The summed E-state index contributed by atoms with van der Waals surface area (Å²) in [7, 11) is 0. The van der Waals surface area contributed by atoms with Crippen LogP contribution >= 0.6 is 11.6 Å². The van der Waals surface area contributed by atoms with Gasteiger partial charge in [0.05, 0.1) is 11.2 Å². The summed E-state index contributed by atoms with van der Waals surface area (Å²) in [6.07, 6.45) is 0. The summed E-state index contributed by atoms with van der Waals surface area (Å²) in [6, 6.07) is 14.8. The second-order valence-corrected chi connectivity index (χ2v) is 5.27. The van der Waals surface area contributed by atoms with Crippen molar-refractivity contribution in [2.45, 2.75) is 20.1 Å². The van der Waals surface area contributed by atoms with Crippen molar-refractivity contribution in [2.24, 2.45) is 0 Å². The molecule has 3 nitrogen and oxygen atoms in total. The fraction of sp³-hybridized carbons (Fsp3) is 0.176. The number of aromatic hydroxyl groups is 1. The maximum absolute atomic E-state index is 9.95. The quantitative estimate of drug-likeness (QED) is 0.764. The Balaban J connectivity index is 1.89. The van der Waals surface area contributed by atoms with Gasteiger partial charge in [-0.15, -0.1) is 0 Å². The number of fused-ring (bicyclic) bond motifs is 1. The number of halogens is 1. The fourth-order valence-electron chi connectivity index (χ4n) is 2.50. The first-order valence-electron chi connectivity index (χ1n) is 6.87. The van der Waals surface area contributed by atoms with E-state index in [9.17, 15) is 5.11 Å². The normalized spacial score (nSPS) is 11.0. The van der Waals surface area contributed by atoms with E-state index in [4.69, 9.17) is 16.3 Å². The molecule has 0 aliphatic rings. The van der Waals surface area contributed by atoms with Gasteiger partial charge in [-0.25, -0.2) is 0 Å². The molecule has 0 atom stereocenters. The highest BCUT2D eigenvalue weighted by Crippen LogP contribution is 2.28. The Bertz CT molecular complexity index is 762. The molecule has 0 spiro atoms. The first-order chi connectivity index (χ1) is 10.2. The lowest BCUT2D eigenvalue weighted by molar-refractivity contribution is 0.296. The number of aromatic nitrogens is 1. The van der Waals surface area contributed by atoms with Crippen LogP contribution in [0.4, 0.5) is 0 Å². The molecule has 0 fully saturated rings. The smallest absolute Gasteiger partial charge is 0.128 e. The summed E-state index contributed by atoms with van der Waals surface area (Å²) in [4.78, 5) is 0. The fourth-order valence-corrected chi connectivity index (χ4v) is 2.63. The molecule has 0 saturated heterocycles. The minimum Gasteiger partial charge on any atom is -0.507 e. The minimum absolute atomic E-state index is 0.299. The first-order valence-corrected chi connectivity index (χ1v) is 7.25. The van der Waals surface area contributed by atoms with Crippen molar-refractivity contribution in [1.82, 2.24) is 4.57 Å². The molecule has 0 aliphatic heterocycles. The lowest BCUT2D eigenvalue weighted by Crippen LogP contribution is -2.04. The molecule has 3 rings (SSSR count). The average molecular weight is 302 g/mol. The van der Waals surface area contributed by atoms with Gasteiger partial charge < -0.3 is 14.4 Å². The van der Waals surface area contributed by atoms with Crippen LogP contribution in [-0.4, -0.2) is 9.67 Å². The lowest BCUT2D eigenvalue weighted by atomic mass is 10.2. The Morgan fingerprint density at radius 2 is 1.90 bits per heavy atom. The monoisotopic (exact) mass is 301 g/mol. The number of phenolic OH excluding ortho intramolecular Hbond substituents is 1.